The highest BCUT2D eigenvalue weighted by atomic mass is 32.1. The Morgan fingerprint density at radius 2 is 0.831 bits per heavy atom. The van der Waals surface area contributed by atoms with Gasteiger partial charge in [0.2, 0.25) is 0 Å². The van der Waals surface area contributed by atoms with Crippen LogP contribution in [0.25, 0.3) is 130 Å². The van der Waals surface area contributed by atoms with Crippen molar-refractivity contribution in [1.29, 1.82) is 0 Å². The minimum atomic E-state index is 0.646. The van der Waals surface area contributed by atoms with Gasteiger partial charge in [-0.05, 0) is 93.6 Å². The van der Waals surface area contributed by atoms with Crippen molar-refractivity contribution in [2.75, 3.05) is 0 Å². The van der Waals surface area contributed by atoms with E-state index in [1.807, 2.05) is 11.3 Å². The second-order valence-corrected chi connectivity index (χ2v) is 16.5. The fraction of sp³-hybridized carbons (Fsp3) is 0. The van der Waals surface area contributed by atoms with Crippen LogP contribution in [0, 0.1) is 0 Å². The lowest BCUT2D eigenvalue weighted by molar-refractivity contribution is 1.08. The van der Waals surface area contributed by atoms with E-state index in [0.29, 0.717) is 17.5 Å². The summed E-state index contributed by atoms with van der Waals surface area (Å²) < 4.78 is 2.62. The molecule has 0 saturated heterocycles. The summed E-state index contributed by atoms with van der Waals surface area (Å²) in [7, 11) is 0. The second kappa shape index (κ2) is 12.5. The van der Waals surface area contributed by atoms with E-state index in [4.69, 9.17) is 15.0 Å². The van der Waals surface area contributed by atoms with Crippen molar-refractivity contribution in [1.82, 2.24) is 15.0 Å². The number of nitrogens with zero attached hydrogens (tertiary/aromatic N) is 3. The molecule has 59 heavy (non-hydrogen) atoms. The fourth-order valence-corrected chi connectivity index (χ4v) is 10.7. The van der Waals surface area contributed by atoms with Crippen molar-refractivity contribution in [2.24, 2.45) is 0 Å². The standard InChI is InChI=1S/C55H31N3S/c1-4-13-38-32(10-1)20-21-34-22-23-37(31-47(34)38)53-56-54(58-55(57-53)48-30-36-12-3-5-14-39(36)41-16-7-8-17-42(41)48)45-19-9-18-44-43(45)27-25-35-26-29-49-51(50(35)44)46-28-24-33-11-2-6-15-40(33)52(46)59-49/h1-31H. The van der Waals surface area contributed by atoms with Crippen LogP contribution in [0.1, 0.15) is 0 Å². The maximum absolute atomic E-state index is 5.42. The minimum Gasteiger partial charge on any atom is -0.208 e. The van der Waals surface area contributed by atoms with Crippen LogP contribution in [0.15, 0.2) is 188 Å². The number of hydrogen-bond donors (Lipinski definition) is 0. The summed E-state index contributed by atoms with van der Waals surface area (Å²) in [6.45, 7) is 0. The zero-order valence-corrected chi connectivity index (χ0v) is 32.5. The molecule has 0 radical (unpaired) electrons. The van der Waals surface area contributed by atoms with Gasteiger partial charge in [0.25, 0.3) is 0 Å². The van der Waals surface area contributed by atoms with E-state index in [2.05, 4.69) is 188 Å². The first-order valence-electron chi connectivity index (χ1n) is 20.0. The average molecular weight is 766 g/mol. The molecule has 272 valence electrons. The first-order chi connectivity index (χ1) is 29.2. The summed E-state index contributed by atoms with van der Waals surface area (Å²) >= 11 is 1.88. The Kier molecular flexibility index (Phi) is 6.89. The van der Waals surface area contributed by atoms with Gasteiger partial charge in [-0.1, -0.05) is 170 Å². The number of aromatic nitrogens is 3. The Balaban J connectivity index is 1.10. The molecular formula is C55H31N3S. The molecule has 13 aromatic rings. The van der Waals surface area contributed by atoms with Gasteiger partial charge in [-0.15, -0.1) is 11.3 Å². The summed E-state index contributed by atoms with van der Waals surface area (Å²) in [5.41, 5.74) is 2.92. The highest BCUT2D eigenvalue weighted by Gasteiger charge is 2.20. The molecule has 13 rings (SSSR count). The van der Waals surface area contributed by atoms with Gasteiger partial charge in [-0.2, -0.15) is 0 Å². The third kappa shape index (κ3) is 4.91. The largest absolute Gasteiger partial charge is 0.208 e. The van der Waals surface area contributed by atoms with E-state index in [1.165, 1.54) is 79.4 Å². The van der Waals surface area contributed by atoms with Gasteiger partial charge in [0, 0.05) is 36.9 Å². The van der Waals surface area contributed by atoms with E-state index in [0.717, 1.165) is 32.8 Å². The normalized spacial score (nSPS) is 12.1. The van der Waals surface area contributed by atoms with Gasteiger partial charge in [0.05, 0.1) is 0 Å². The van der Waals surface area contributed by atoms with Crippen LogP contribution in [0.2, 0.25) is 0 Å². The van der Waals surface area contributed by atoms with Crippen LogP contribution in [0.4, 0.5) is 0 Å². The van der Waals surface area contributed by atoms with E-state index in [1.54, 1.807) is 0 Å². The van der Waals surface area contributed by atoms with Crippen LogP contribution in [-0.2, 0) is 0 Å². The smallest absolute Gasteiger partial charge is 0.164 e. The maximum Gasteiger partial charge on any atom is 0.164 e. The Morgan fingerprint density at radius 1 is 0.288 bits per heavy atom. The van der Waals surface area contributed by atoms with E-state index >= 15 is 0 Å². The molecule has 0 spiro atoms. The van der Waals surface area contributed by atoms with Gasteiger partial charge in [-0.25, -0.2) is 15.0 Å². The first-order valence-corrected chi connectivity index (χ1v) is 20.8. The molecule has 0 aliphatic rings. The molecule has 0 bridgehead atoms. The topological polar surface area (TPSA) is 38.7 Å². The summed E-state index contributed by atoms with van der Waals surface area (Å²) in [5, 5.41) is 19.4. The second-order valence-electron chi connectivity index (χ2n) is 15.5. The van der Waals surface area contributed by atoms with Gasteiger partial charge in [0.1, 0.15) is 0 Å². The van der Waals surface area contributed by atoms with Crippen LogP contribution in [-0.4, -0.2) is 15.0 Å². The van der Waals surface area contributed by atoms with E-state index in [9.17, 15) is 0 Å². The number of fused-ring (bicyclic) bond motifs is 15. The Morgan fingerprint density at radius 3 is 1.66 bits per heavy atom. The quantitative estimate of drug-likeness (QED) is 0.168. The fourth-order valence-electron chi connectivity index (χ4n) is 9.50. The summed E-state index contributed by atoms with van der Waals surface area (Å²) in [6, 6.07) is 67.9. The molecule has 0 aliphatic carbocycles. The van der Waals surface area contributed by atoms with E-state index in [-0.39, 0.29) is 0 Å². The van der Waals surface area contributed by atoms with E-state index < -0.39 is 0 Å². The molecule has 11 aromatic carbocycles. The number of benzene rings is 11. The third-order valence-corrected chi connectivity index (χ3v) is 13.5. The van der Waals surface area contributed by atoms with Gasteiger partial charge < -0.3 is 0 Å². The SMILES string of the molecule is c1ccc2c(c1)ccc1ccc(-c3nc(-c4cc5ccccc5c5ccccc45)nc(-c4cccc5c4ccc4ccc6sc7c8ccccc8ccc7c6c45)n3)cc12. The molecule has 2 heterocycles. The summed E-state index contributed by atoms with van der Waals surface area (Å²) in [6.07, 6.45) is 0. The number of thiophene rings is 1. The molecule has 0 fully saturated rings. The summed E-state index contributed by atoms with van der Waals surface area (Å²) in [5.74, 6) is 1.95. The van der Waals surface area contributed by atoms with Crippen LogP contribution in [0.5, 0.6) is 0 Å². The zero-order chi connectivity index (χ0) is 38.6. The molecule has 3 nitrogen and oxygen atoms in total. The summed E-state index contributed by atoms with van der Waals surface area (Å²) in [4.78, 5) is 16.1. The Hall–Kier alpha value is -7.53. The van der Waals surface area contributed by atoms with Crippen LogP contribution < -0.4 is 0 Å². The van der Waals surface area contributed by atoms with Crippen molar-refractivity contribution < 1.29 is 0 Å². The van der Waals surface area contributed by atoms with Crippen molar-refractivity contribution in [3.63, 3.8) is 0 Å². The molecule has 0 N–H and O–H groups in total. The third-order valence-electron chi connectivity index (χ3n) is 12.3. The van der Waals surface area contributed by atoms with Gasteiger partial charge >= 0.3 is 0 Å². The lowest BCUT2D eigenvalue weighted by Gasteiger charge is -2.14. The van der Waals surface area contributed by atoms with Crippen LogP contribution >= 0.6 is 11.3 Å². The predicted octanol–water partition coefficient (Wildman–Crippen LogP) is 15.3. The molecule has 0 saturated carbocycles. The lowest BCUT2D eigenvalue weighted by atomic mass is 9.94. The van der Waals surface area contributed by atoms with Gasteiger partial charge in [0.15, 0.2) is 17.5 Å². The average Bonchev–Trinajstić information content (AvgIpc) is 3.70. The monoisotopic (exact) mass is 765 g/mol. The predicted molar refractivity (Wildman–Crippen MR) is 252 cm³/mol. The first kappa shape index (κ1) is 32.5. The van der Waals surface area contributed by atoms with Crippen molar-refractivity contribution in [3.05, 3.63) is 188 Å². The molecule has 0 unspecified atom stereocenters. The van der Waals surface area contributed by atoms with Gasteiger partial charge in [-0.3, -0.25) is 0 Å². The van der Waals surface area contributed by atoms with Crippen molar-refractivity contribution >= 4 is 107 Å². The molecular weight excluding hydrogens is 735 g/mol. The molecule has 0 amide bonds. The molecule has 2 aromatic heterocycles. The lowest BCUT2D eigenvalue weighted by Crippen LogP contribution is -2.01. The highest BCUT2D eigenvalue weighted by molar-refractivity contribution is 7.27. The highest BCUT2D eigenvalue weighted by Crippen LogP contribution is 2.45. The Bertz CT molecular complexity index is 3920. The number of hydrogen-bond acceptors (Lipinski definition) is 4. The van der Waals surface area contributed by atoms with Crippen LogP contribution in [0.3, 0.4) is 0 Å². The van der Waals surface area contributed by atoms with Crippen molar-refractivity contribution in [2.45, 2.75) is 0 Å². The maximum atomic E-state index is 5.42. The zero-order valence-electron chi connectivity index (χ0n) is 31.6. The Labute approximate surface area is 342 Å². The molecule has 0 atom stereocenters. The number of rotatable bonds is 3. The minimum absolute atomic E-state index is 0.646. The molecule has 0 aliphatic heterocycles. The van der Waals surface area contributed by atoms with Crippen molar-refractivity contribution in [3.8, 4) is 34.2 Å². The molecule has 4 heteroatoms.